The van der Waals surface area contributed by atoms with Crippen molar-refractivity contribution in [1.29, 1.82) is 0 Å². The first kappa shape index (κ1) is 21.9. The van der Waals surface area contributed by atoms with Crippen molar-refractivity contribution < 1.29 is 4.74 Å². The summed E-state index contributed by atoms with van der Waals surface area (Å²) in [6, 6.07) is 4.14. The number of nitrogens with two attached hydrogens (primary N) is 1. The molecule has 2 fully saturated rings. The fourth-order valence-corrected chi connectivity index (χ4v) is 5.83. The Morgan fingerprint density at radius 1 is 1.15 bits per heavy atom. The Labute approximate surface area is 200 Å². The number of rotatable bonds is 4. The third-order valence-electron chi connectivity index (χ3n) is 8.14. The van der Waals surface area contributed by atoms with E-state index in [0.29, 0.717) is 5.92 Å². The number of anilines is 2. The highest BCUT2D eigenvalue weighted by Crippen LogP contribution is 2.43. The monoisotopic (exact) mass is 461 g/mol. The van der Waals surface area contributed by atoms with Crippen LogP contribution in [0.3, 0.4) is 0 Å². The zero-order chi connectivity index (χ0) is 23.1. The first-order valence-corrected chi connectivity index (χ1v) is 12.9. The van der Waals surface area contributed by atoms with Crippen molar-refractivity contribution in [3.05, 3.63) is 35.9 Å². The van der Waals surface area contributed by atoms with Gasteiger partial charge in [0.05, 0.1) is 17.1 Å². The minimum atomic E-state index is -0.0837. The summed E-state index contributed by atoms with van der Waals surface area (Å²) in [7, 11) is 0. The standard InChI is InChI=1S/C26H35N7O/c1-26(17-27)11-9-18(10-12-26)20-16-29-23-24(30-20)33(22-8-2-3-15-34-22)31-25(23)32-14-5-6-19-21(32)7-4-13-28-19/h4,7,13,16,18,22H,2-3,5-6,8-12,14-15,17,27H2,1H3. The number of aromatic nitrogens is 5. The van der Waals surface area contributed by atoms with Gasteiger partial charge in [0.25, 0.3) is 0 Å². The van der Waals surface area contributed by atoms with E-state index in [1.807, 2.05) is 23.1 Å². The molecule has 0 bridgehead atoms. The van der Waals surface area contributed by atoms with Crippen molar-refractivity contribution in [1.82, 2.24) is 24.7 Å². The van der Waals surface area contributed by atoms with Gasteiger partial charge in [-0.3, -0.25) is 4.98 Å². The second-order valence-electron chi connectivity index (χ2n) is 10.6. The molecule has 34 heavy (non-hydrogen) atoms. The molecule has 0 radical (unpaired) electrons. The molecule has 180 valence electrons. The number of pyridine rings is 1. The van der Waals surface area contributed by atoms with Crippen LogP contribution in [-0.4, -0.2) is 44.4 Å². The molecule has 3 aromatic heterocycles. The van der Waals surface area contributed by atoms with E-state index >= 15 is 0 Å². The van der Waals surface area contributed by atoms with Gasteiger partial charge in [-0.1, -0.05) is 6.92 Å². The Balaban J connectivity index is 1.41. The third kappa shape index (κ3) is 3.86. The summed E-state index contributed by atoms with van der Waals surface area (Å²) in [6.07, 6.45) is 13.5. The molecule has 3 aliphatic rings. The van der Waals surface area contributed by atoms with E-state index < -0.39 is 0 Å². The minimum absolute atomic E-state index is 0.0837. The highest BCUT2D eigenvalue weighted by molar-refractivity contribution is 5.87. The number of ether oxygens (including phenoxy) is 1. The van der Waals surface area contributed by atoms with Gasteiger partial charge in [0.15, 0.2) is 23.2 Å². The fraction of sp³-hybridized carbons (Fsp3) is 0.615. The minimum Gasteiger partial charge on any atom is -0.356 e. The predicted molar refractivity (Wildman–Crippen MR) is 132 cm³/mol. The van der Waals surface area contributed by atoms with Crippen molar-refractivity contribution in [2.45, 2.75) is 76.9 Å². The van der Waals surface area contributed by atoms with Crippen LogP contribution < -0.4 is 10.6 Å². The molecule has 2 aliphatic heterocycles. The van der Waals surface area contributed by atoms with Crippen LogP contribution in [0.25, 0.3) is 11.2 Å². The van der Waals surface area contributed by atoms with Gasteiger partial charge in [-0.05, 0) is 81.9 Å². The van der Waals surface area contributed by atoms with E-state index in [4.69, 9.17) is 25.5 Å². The second kappa shape index (κ2) is 8.89. The number of fused-ring (bicyclic) bond motifs is 2. The van der Waals surface area contributed by atoms with Crippen LogP contribution in [0, 0.1) is 5.41 Å². The maximum absolute atomic E-state index is 6.16. The molecular formula is C26H35N7O. The number of hydrogen-bond donors (Lipinski definition) is 1. The topological polar surface area (TPSA) is 95.0 Å². The Morgan fingerprint density at radius 3 is 2.82 bits per heavy atom. The molecule has 1 atom stereocenters. The van der Waals surface area contributed by atoms with Crippen molar-refractivity contribution in [2.24, 2.45) is 11.1 Å². The summed E-state index contributed by atoms with van der Waals surface area (Å²) in [4.78, 5) is 17.1. The van der Waals surface area contributed by atoms with Crippen molar-refractivity contribution in [2.75, 3.05) is 24.6 Å². The summed E-state index contributed by atoms with van der Waals surface area (Å²) in [5, 5.41) is 5.11. The molecule has 0 spiro atoms. The zero-order valence-electron chi connectivity index (χ0n) is 20.1. The molecule has 1 saturated carbocycles. The molecule has 1 aliphatic carbocycles. The lowest BCUT2D eigenvalue weighted by Crippen LogP contribution is -2.31. The summed E-state index contributed by atoms with van der Waals surface area (Å²) >= 11 is 0. The maximum Gasteiger partial charge on any atom is 0.183 e. The largest absolute Gasteiger partial charge is 0.356 e. The zero-order valence-corrected chi connectivity index (χ0v) is 20.1. The fourth-order valence-electron chi connectivity index (χ4n) is 5.83. The predicted octanol–water partition coefficient (Wildman–Crippen LogP) is 4.63. The van der Waals surface area contributed by atoms with E-state index in [9.17, 15) is 0 Å². The molecule has 0 amide bonds. The van der Waals surface area contributed by atoms with E-state index in [0.717, 1.165) is 112 Å². The van der Waals surface area contributed by atoms with Gasteiger partial charge in [0.2, 0.25) is 0 Å². The van der Waals surface area contributed by atoms with Crippen molar-refractivity contribution in [3.63, 3.8) is 0 Å². The molecule has 2 N–H and O–H groups in total. The van der Waals surface area contributed by atoms with Crippen LogP contribution in [0.5, 0.6) is 0 Å². The Hall–Kier alpha value is -2.58. The molecular weight excluding hydrogens is 426 g/mol. The van der Waals surface area contributed by atoms with Crippen LogP contribution in [0.1, 0.15) is 81.8 Å². The van der Waals surface area contributed by atoms with Gasteiger partial charge < -0.3 is 15.4 Å². The number of hydrogen-bond acceptors (Lipinski definition) is 7. The average Bonchev–Trinajstić information content (AvgIpc) is 3.28. The maximum atomic E-state index is 6.16. The van der Waals surface area contributed by atoms with Gasteiger partial charge in [0, 0.05) is 31.5 Å². The second-order valence-corrected chi connectivity index (χ2v) is 10.6. The molecule has 6 rings (SSSR count). The molecule has 3 aromatic rings. The first-order valence-electron chi connectivity index (χ1n) is 12.9. The van der Waals surface area contributed by atoms with E-state index in [1.165, 1.54) is 0 Å². The van der Waals surface area contributed by atoms with E-state index in [-0.39, 0.29) is 11.6 Å². The Bertz CT molecular complexity index is 1160. The smallest absolute Gasteiger partial charge is 0.183 e. The van der Waals surface area contributed by atoms with Crippen LogP contribution in [0.2, 0.25) is 0 Å². The summed E-state index contributed by atoms with van der Waals surface area (Å²) in [5.41, 5.74) is 11.3. The van der Waals surface area contributed by atoms with Crippen LogP contribution in [0.15, 0.2) is 24.5 Å². The van der Waals surface area contributed by atoms with Gasteiger partial charge in [0.1, 0.15) is 0 Å². The van der Waals surface area contributed by atoms with E-state index in [2.05, 4.69) is 22.9 Å². The molecule has 8 heteroatoms. The molecule has 1 unspecified atom stereocenters. The van der Waals surface area contributed by atoms with Crippen LogP contribution in [-0.2, 0) is 11.2 Å². The van der Waals surface area contributed by atoms with Crippen molar-refractivity contribution in [3.8, 4) is 0 Å². The summed E-state index contributed by atoms with van der Waals surface area (Å²) < 4.78 is 8.17. The Kier molecular flexibility index (Phi) is 5.73. The van der Waals surface area contributed by atoms with Gasteiger partial charge >= 0.3 is 0 Å². The SMILES string of the molecule is CC1(CN)CCC(c2cnc3c(N4CCCc5ncccc54)nn(C4CCCCO4)c3n2)CC1. The van der Waals surface area contributed by atoms with Crippen LogP contribution >= 0.6 is 0 Å². The number of aryl methyl sites for hydroxylation is 1. The lowest BCUT2D eigenvalue weighted by molar-refractivity contribution is -0.0369. The van der Waals surface area contributed by atoms with Crippen LogP contribution in [0.4, 0.5) is 11.5 Å². The summed E-state index contributed by atoms with van der Waals surface area (Å²) in [5.74, 6) is 1.30. The average molecular weight is 462 g/mol. The molecule has 5 heterocycles. The summed E-state index contributed by atoms with van der Waals surface area (Å²) in [6.45, 7) is 4.74. The number of nitrogens with zero attached hydrogens (tertiary/aromatic N) is 6. The normalized spacial score (nSPS) is 27.6. The van der Waals surface area contributed by atoms with E-state index in [1.54, 1.807) is 0 Å². The lowest BCUT2D eigenvalue weighted by Gasteiger charge is -2.36. The lowest BCUT2D eigenvalue weighted by atomic mass is 9.71. The van der Waals surface area contributed by atoms with Gasteiger partial charge in [-0.2, -0.15) is 0 Å². The third-order valence-corrected chi connectivity index (χ3v) is 8.14. The molecule has 8 nitrogen and oxygen atoms in total. The quantitative estimate of drug-likeness (QED) is 0.605. The highest BCUT2D eigenvalue weighted by atomic mass is 16.5. The van der Waals surface area contributed by atoms with Gasteiger partial charge in [-0.15, -0.1) is 5.10 Å². The Morgan fingerprint density at radius 2 is 2.03 bits per heavy atom. The first-order chi connectivity index (χ1) is 16.6. The molecule has 0 aromatic carbocycles. The van der Waals surface area contributed by atoms with Crippen molar-refractivity contribution >= 4 is 22.7 Å². The molecule has 1 saturated heterocycles. The highest BCUT2D eigenvalue weighted by Gasteiger charge is 2.33. The van der Waals surface area contributed by atoms with Gasteiger partial charge in [-0.25, -0.2) is 14.6 Å².